The van der Waals surface area contributed by atoms with Gasteiger partial charge in [-0.2, -0.15) is 0 Å². The molecule has 2 aromatic rings. The fourth-order valence-corrected chi connectivity index (χ4v) is 4.63. The van der Waals surface area contributed by atoms with Crippen molar-refractivity contribution in [2.45, 2.75) is 31.6 Å². The lowest BCUT2D eigenvalue weighted by Gasteiger charge is -2.35. The van der Waals surface area contributed by atoms with Gasteiger partial charge in [0, 0.05) is 31.9 Å². The number of benzene rings is 1. The summed E-state index contributed by atoms with van der Waals surface area (Å²) in [5.74, 6) is 1.91. The summed E-state index contributed by atoms with van der Waals surface area (Å²) in [6, 6.07) is 10.7. The molecule has 7 nitrogen and oxygen atoms in total. The van der Waals surface area contributed by atoms with Crippen LogP contribution in [0.3, 0.4) is 0 Å². The molecule has 7 heteroatoms. The van der Waals surface area contributed by atoms with Gasteiger partial charge in [-0.3, -0.25) is 9.88 Å². The van der Waals surface area contributed by atoms with Crippen LogP contribution in [-0.2, 0) is 11.3 Å². The number of methoxy groups -OCH3 is 2. The molecule has 2 fully saturated rings. The number of aliphatic hydroxyl groups excluding tert-OH is 1. The van der Waals surface area contributed by atoms with Crippen LogP contribution in [0.5, 0.6) is 11.5 Å². The predicted molar refractivity (Wildman–Crippen MR) is 110 cm³/mol. The second kappa shape index (κ2) is 9.02. The first-order valence-electron chi connectivity index (χ1n) is 10.3. The van der Waals surface area contributed by atoms with E-state index in [-0.39, 0.29) is 6.10 Å². The fourth-order valence-electron chi connectivity index (χ4n) is 4.63. The highest BCUT2D eigenvalue weighted by Crippen LogP contribution is 2.38. The second-order valence-corrected chi connectivity index (χ2v) is 8.12. The molecule has 1 aromatic heterocycles. The molecule has 0 bridgehead atoms. The SMILES string of the molecule is COC(=O)c1cccc(O[C@@H]2C[C@@H]3CN(Cc4cc(OC)ccn4)C[C@@H]3C[C@H]2O)c1. The summed E-state index contributed by atoms with van der Waals surface area (Å²) in [7, 11) is 3.01. The highest BCUT2D eigenvalue weighted by atomic mass is 16.5. The Bertz CT molecular complexity index is 889. The van der Waals surface area contributed by atoms with Gasteiger partial charge in [0.05, 0.1) is 31.6 Å². The number of fused-ring (bicyclic) bond motifs is 1. The molecule has 0 amide bonds. The van der Waals surface area contributed by atoms with E-state index < -0.39 is 12.1 Å². The summed E-state index contributed by atoms with van der Waals surface area (Å²) in [5, 5.41) is 10.7. The zero-order valence-electron chi connectivity index (χ0n) is 17.4. The van der Waals surface area contributed by atoms with E-state index in [4.69, 9.17) is 14.2 Å². The van der Waals surface area contributed by atoms with Crippen molar-refractivity contribution in [1.29, 1.82) is 0 Å². The molecule has 0 radical (unpaired) electrons. The Hall–Kier alpha value is -2.64. The monoisotopic (exact) mass is 412 g/mol. The summed E-state index contributed by atoms with van der Waals surface area (Å²) in [6.45, 7) is 2.68. The number of hydrogen-bond acceptors (Lipinski definition) is 7. The van der Waals surface area contributed by atoms with Crippen LogP contribution < -0.4 is 9.47 Å². The lowest BCUT2D eigenvalue weighted by molar-refractivity contribution is -0.0231. The van der Waals surface area contributed by atoms with Crippen molar-refractivity contribution in [3.05, 3.63) is 53.9 Å². The number of carbonyl (C=O) groups excluding carboxylic acids is 1. The first-order valence-corrected chi connectivity index (χ1v) is 10.3. The van der Waals surface area contributed by atoms with Crippen LogP contribution >= 0.6 is 0 Å². The minimum absolute atomic E-state index is 0.283. The fraction of sp³-hybridized carbons (Fsp3) is 0.478. The Morgan fingerprint density at radius 3 is 2.70 bits per heavy atom. The molecule has 0 spiro atoms. The van der Waals surface area contributed by atoms with Gasteiger partial charge >= 0.3 is 5.97 Å². The maximum atomic E-state index is 11.8. The van der Waals surface area contributed by atoms with Crippen molar-refractivity contribution < 1.29 is 24.1 Å². The van der Waals surface area contributed by atoms with Gasteiger partial charge in [0.15, 0.2) is 0 Å². The third kappa shape index (κ3) is 4.57. The van der Waals surface area contributed by atoms with Crippen LogP contribution in [0, 0.1) is 11.8 Å². The van der Waals surface area contributed by atoms with Crippen LogP contribution in [0.2, 0.25) is 0 Å². The van der Waals surface area contributed by atoms with Crippen molar-refractivity contribution in [3.63, 3.8) is 0 Å². The van der Waals surface area contributed by atoms with E-state index in [1.165, 1.54) is 7.11 Å². The summed E-state index contributed by atoms with van der Waals surface area (Å²) in [4.78, 5) is 18.6. The first kappa shape index (κ1) is 20.6. The van der Waals surface area contributed by atoms with Gasteiger partial charge in [0.25, 0.3) is 0 Å². The van der Waals surface area contributed by atoms with Crippen molar-refractivity contribution in [3.8, 4) is 11.5 Å². The summed E-state index contributed by atoms with van der Waals surface area (Å²) in [5.41, 5.74) is 1.43. The van der Waals surface area contributed by atoms with E-state index in [0.29, 0.717) is 29.6 Å². The molecule has 2 heterocycles. The van der Waals surface area contributed by atoms with E-state index in [2.05, 4.69) is 9.88 Å². The minimum Gasteiger partial charge on any atom is -0.497 e. The highest BCUT2D eigenvalue weighted by Gasteiger charge is 2.42. The molecule has 4 atom stereocenters. The van der Waals surface area contributed by atoms with Gasteiger partial charge in [-0.15, -0.1) is 0 Å². The minimum atomic E-state index is -0.525. The van der Waals surface area contributed by atoms with Gasteiger partial charge < -0.3 is 19.3 Å². The van der Waals surface area contributed by atoms with Gasteiger partial charge in [-0.1, -0.05) is 6.07 Å². The number of likely N-dealkylation sites (tertiary alicyclic amines) is 1. The second-order valence-electron chi connectivity index (χ2n) is 8.12. The molecule has 0 unspecified atom stereocenters. The van der Waals surface area contributed by atoms with Gasteiger partial charge in [0.2, 0.25) is 0 Å². The number of rotatable bonds is 6. The lowest BCUT2D eigenvalue weighted by Crippen LogP contribution is -2.42. The quantitative estimate of drug-likeness (QED) is 0.730. The summed E-state index contributed by atoms with van der Waals surface area (Å²) < 4.78 is 16.2. The maximum absolute atomic E-state index is 11.8. The van der Waals surface area contributed by atoms with Crippen molar-refractivity contribution >= 4 is 5.97 Å². The molecule has 30 heavy (non-hydrogen) atoms. The number of ether oxygens (including phenoxy) is 3. The number of aliphatic hydroxyl groups is 1. The molecule has 2 aliphatic rings. The molecule has 1 aromatic carbocycles. The van der Waals surface area contributed by atoms with Gasteiger partial charge in [-0.25, -0.2) is 4.79 Å². The first-order chi connectivity index (χ1) is 14.6. The van der Waals surface area contributed by atoms with E-state index in [1.807, 2.05) is 12.1 Å². The molecule has 160 valence electrons. The number of hydrogen-bond donors (Lipinski definition) is 1. The predicted octanol–water partition coefficient (Wildman–Crippen LogP) is 2.53. The molecule has 1 saturated heterocycles. The van der Waals surface area contributed by atoms with E-state index in [1.54, 1.807) is 37.6 Å². The van der Waals surface area contributed by atoms with Gasteiger partial charge in [-0.05, 0) is 48.9 Å². The normalized spacial score (nSPS) is 26.1. The molecule has 1 N–H and O–H groups in total. The molecular weight excluding hydrogens is 384 g/mol. The Morgan fingerprint density at radius 1 is 1.13 bits per heavy atom. The van der Waals surface area contributed by atoms with Crippen LogP contribution in [0.4, 0.5) is 0 Å². The van der Waals surface area contributed by atoms with Crippen molar-refractivity contribution in [2.75, 3.05) is 27.3 Å². The van der Waals surface area contributed by atoms with Crippen LogP contribution in [-0.4, -0.2) is 60.5 Å². The Balaban J connectivity index is 1.38. The number of nitrogens with zero attached hydrogens (tertiary/aromatic N) is 2. The number of pyridine rings is 1. The molecular formula is C23H28N2O5. The zero-order chi connectivity index (χ0) is 21.1. The smallest absolute Gasteiger partial charge is 0.337 e. The topological polar surface area (TPSA) is 81.1 Å². The molecule has 1 aliphatic carbocycles. The Morgan fingerprint density at radius 2 is 1.93 bits per heavy atom. The van der Waals surface area contributed by atoms with E-state index >= 15 is 0 Å². The highest BCUT2D eigenvalue weighted by molar-refractivity contribution is 5.89. The maximum Gasteiger partial charge on any atom is 0.337 e. The lowest BCUT2D eigenvalue weighted by atomic mass is 9.78. The average Bonchev–Trinajstić information content (AvgIpc) is 3.14. The van der Waals surface area contributed by atoms with Crippen LogP contribution in [0.25, 0.3) is 0 Å². The van der Waals surface area contributed by atoms with Gasteiger partial charge in [0.1, 0.15) is 17.6 Å². The molecule has 4 rings (SSSR count). The standard InChI is InChI=1S/C23H28N2O5/c1-28-19-6-7-24-18(11-19)14-25-12-16-9-21(26)22(10-17(16)13-25)30-20-5-3-4-15(8-20)23(27)29-2/h3-8,11,16-17,21-22,26H,9-10,12-14H2,1-2H3/t16-,17+,21+,22+/m0/s1. The summed E-state index contributed by atoms with van der Waals surface area (Å²) >= 11 is 0. The zero-order valence-corrected chi connectivity index (χ0v) is 17.4. The van der Waals surface area contributed by atoms with E-state index in [0.717, 1.165) is 37.5 Å². The third-order valence-corrected chi connectivity index (χ3v) is 6.11. The Kier molecular flexibility index (Phi) is 6.20. The largest absolute Gasteiger partial charge is 0.497 e. The van der Waals surface area contributed by atoms with Crippen LogP contribution in [0.15, 0.2) is 42.6 Å². The van der Waals surface area contributed by atoms with Crippen molar-refractivity contribution in [1.82, 2.24) is 9.88 Å². The van der Waals surface area contributed by atoms with Crippen LogP contribution in [0.1, 0.15) is 28.9 Å². The third-order valence-electron chi connectivity index (χ3n) is 6.11. The Labute approximate surface area is 176 Å². The van der Waals surface area contributed by atoms with Crippen molar-refractivity contribution in [2.24, 2.45) is 11.8 Å². The number of carbonyl (C=O) groups is 1. The number of aromatic nitrogens is 1. The average molecular weight is 412 g/mol. The molecule has 1 saturated carbocycles. The van der Waals surface area contributed by atoms with E-state index in [9.17, 15) is 9.90 Å². The number of esters is 1. The summed E-state index contributed by atoms with van der Waals surface area (Å²) in [6.07, 6.45) is 2.47. The molecule has 1 aliphatic heterocycles.